The normalized spacial score (nSPS) is 15.5. The van der Waals surface area contributed by atoms with Crippen molar-refractivity contribution < 1.29 is 19.5 Å². The molecule has 0 radical (unpaired) electrons. The monoisotopic (exact) mass is 524 g/mol. The average molecular weight is 525 g/mol. The van der Waals surface area contributed by atoms with Gasteiger partial charge in [-0.2, -0.15) is 0 Å². The van der Waals surface area contributed by atoms with Gasteiger partial charge in [-0.3, -0.25) is 9.59 Å². The van der Waals surface area contributed by atoms with Crippen molar-refractivity contribution in [1.82, 2.24) is 15.2 Å². The molecule has 39 heavy (non-hydrogen) atoms. The number of hydrogen-bond acceptors (Lipinski definition) is 4. The minimum Gasteiger partial charge on any atom is -0.480 e. The van der Waals surface area contributed by atoms with Gasteiger partial charge >= 0.3 is 5.97 Å². The largest absolute Gasteiger partial charge is 0.480 e. The van der Waals surface area contributed by atoms with Crippen LogP contribution in [0.15, 0.2) is 78.9 Å². The lowest BCUT2D eigenvalue weighted by Gasteiger charge is -2.35. The van der Waals surface area contributed by atoms with Crippen LogP contribution in [-0.4, -0.2) is 51.4 Å². The maximum absolute atomic E-state index is 13.8. The molecule has 2 amide bonds. The van der Waals surface area contributed by atoms with Gasteiger partial charge in [-0.05, 0) is 60.7 Å². The molecule has 0 aliphatic carbocycles. The Balaban J connectivity index is 1.44. The number of fused-ring (bicyclic) bond motifs is 3. The SMILES string of the molecule is NCCCCC(NC(=O)C1Cc2c([nH]c3ccccc23)CN1C(=O)c1ccc(-c2ccccc2)cc1)C(=O)O. The van der Waals surface area contributed by atoms with Crippen LogP contribution in [-0.2, 0) is 22.6 Å². The molecule has 2 unspecified atom stereocenters. The Labute approximate surface area is 226 Å². The topological polar surface area (TPSA) is 129 Å². The third kappa shape index (κ3) is 5.56. The summed E-state index contributed by atoms with van der Waals surface area (Å²) in [5, 5.41) is 13.4. The van der Waals surface area contributed by atoms with Crippen LogP contribution in [0.3, 0.4) is 0 Å². The van der Waals surface area contributed by atoms with Crippen LogP contribution in [0.25, 0.3) is 22.0 Å². The summed E-state index contributed by atoms with van der Waals surface area (Å²) in [5.41, 5.74) is 10.8. The van der Waals surface area contributed by atoms with Crippen LogP contribution in [0.2, 0.25) is 0 Å². The molecule has 1 aliphatic rings. The number of benzene rings is 3. The molecule has 0 saturated heterocycles. The van der Waals surface area contributed by atoms with E-state index in [1.807, 2.05) is 66.7 Å². The molecule has 4 aromatic rings. The Morgan fingerprint density at radius 3 is 2.36 bits per heavy atom. The molecule has 5 rings (SSSR count). The maximum atomic E-state index is 13.8. The molecule has 5 N–H and O–H groups in total. The summed E-state index contributed by atoms with van der Waals surface area (Å²) in [7, 11) is 0. The average Bonchev–Trinajstić information content (AvgIpc) is 3.33. The number of aromatic amines is 1. The van der Waals surface area contributed by atoms with Crippen molar-refractivity contribution >= 4 is 28.7 Å². The van der Waals surface area contributed by atoms with E-state index in [4.69, 9.17) is 5.73 Å². The zero-order valence-corrected chi connectivity index (χ0v) is 21.6. The summed E-state index contributed by atoms with van der Waals surface area (Å²) < 4.78 is 0. The van der Waals surface area contributed by atoms with E-state index >= 15 is 0 Å². The highest BCUT2D eigenvalue weighted by Gasteiger charge is 2.38. The predicted molar refractivity (Wildman–Crippen MR) is 150 cm³/mol. The van der Waals surface area contributed by atoms with Crippen molar-refractivity contribution in [2.45, 2.75) is 44.3 Å². The first kappa shape index (κ1) is 26.2. The van der Waals surface area contributed by atoms with Gasteiger partial charge in [0.2, 0.25) is 5.91 Å². The summed E-state index contributed by atoms with van der Waals surface area (Å²) in [6.45, 7) is 0.671. The van der Waals surface area contributed by atoms with E-state index in [1.54, 1.807) is 17.0 Å². The number of nitrogens with two attached hydrogens (primary N) is 1. The van der Waals surface area contributed by atoms with E-state index in [9.17, 15) is 19.5 Å². The molecule has 1 aromatic heterocycles. The fourth-order valence-electron chi connectivity index (χ4n) is 5.28. The molecule has 3 aromatic carbocycles. The molecule has 0 bridgehead atoms. The summed E-state index contributed by atoms with van der Waals surface area (Å²) in [6, 6.07) is 23.2. The number of carboxylic acid groups (broad SMARTS) is 1. The number of rotatable bonds is 9. The predicted octanol–water partition coefficient (Wildman–Crippen LogP) is 4.10. The second kappa shape index (κ2) is 11.5. The van der Waals surface area contributed by atoms with E-state index in [2.05, 4.69) is 10.3 Å². The lowest BCUT2D eigenvalue weighted by atomic mass is 9.94. The van der Waals surface area contributed by atoms with Crippen molar-refractivity contribution in [2.24, 2.45) is 5.73 Å². The molecular formula is C31H32N4O4. The highest BCUT2D eigenvalue weighted by Crippen LogP contribution is 2.31. The van der Waals surface area contributed by atoms with E-state index in [0.717, 1.165) is 33.3 Å². The van der Waals surface area contributed by atoms with Gasteiger partial charge in [-0.1, -0.05) is 60.7 Å². The zero-order valence-electron chi connectivity index (χ0n) is 21.6. The van der Waals surface area contributed by atoms with E-state index < -0.39 is 24.0 Å². The number of para-hydroxylation sites is 1. The van der Waals surface area contributed by atoms with Crippen molar-refractivity contribution in [3.8, 4) is 11.1 Å². The third-order valence-electron chi connectivity index (χ3n) is 7.37. The first-order valence-corrected chi connectivity index (χ1v) is 13.2. The molecular weight excluding hydrogens is 492 g/mol. The quantitative estimate of drug-likeness (QED) is 0.245. The van der Waals surface area contributed by atoms with E-state index in [-0.39, 0.29) is 25.3 Å². The van der Waals surface area contributed by atoms with Gasteiger partial charge in [-0.25, -0.2) is 4.79 Å². The minimum absolute atomic E-state index is 0.215. The first-order chi connectivity index (χ1) is 19.0. The number of unbranched alkanes of at least 4 members (excludes halogenated alkanes) is 1. The number of H-pyrrole nitrogens is 1. The molecule has 8 nitrogen and oxygen atoms in total. The van der Waals surface area contributed by atoms with Crippen molar-refractivity contribution in [2.75, 3.05) is 6.54 Å². The van der Waals surface area contributed by atoms with Crippen LogP contribution in [0, 0.1) is 0 Å². The van der Waals surface area contributed by atoms with Gasteiger partial charge in [0, 0.05) is 28.6 Å². The first-order valence-electron chi connectivity index (χ1n) is 13.2. The minimum atomic E-state index is -1.10. The van der Waals surface area contributed by atoms with Gasteiger partial charge in [0.25, 0.3) is 5.91 Å². The fourth-order valence-corrected chi connectivity index (χ4v) is 5.28. The van der Waals surface area contributed by atoms with Crippen LogP contribution < -0.4 is 11.1 Å². The highest BCUT2D eigenvalue weighted by atomic mass is 16.4. The van der Waals surface area contributed by atoms with Gasteiger partial charge < -0.3 is 26.0 Å². The summed E-state index contributed by atoms with van der Waals surface area (Å²) >= 11 is 0. The molecule has 2 heterocycles. The molecule has 0 saturated carbocycles. The number of nitrogens with zero attached hydrogens (tertiary/aromatic N) is 1. The summed E-state index contributed by atoms with van der Waals surface area (Å²) in [6.07, 6.45) is 1.82. The molecule has 2 atom stereocenters. The Hall–Kier alpha value is -4.43. The number of carbonyl (C=O) groups is 3. The third-order valence-corrected chi connectivity index (χ3v) is 7.37. The Bertz CT molecular complexity index is 1480. The number of hydrogen-bond donors (Lipinski definition) is 4. The van der Waals surface area contributed by atoms with Gasteiger partial charge in [0.05, 0.1) is 6.54 Å². The Morgan fingerprint density at radius 2 is 1.64 bits per heavy atom. The van der Waals surface area contributed by atoms with Crippen LogP contribution >= 0.6 is 0 Å². The van der Waals surface area contributed by atoms with E-state index in [0.29, 0.717) is 24.9 Å². The fraction of sp³-hybridized carbons (Fsp3) is 0.258. The van der Waals surface area contributed by atoms with Crippen LogP contribution in [0.1, 0.15) is 40.9 Å². The lowest BCUT2D eigenvalue weighted by Crippen LogP contribution is -2.55. The second-order valence-electron chi connectivity index (χ2n) is 9.91. The number of nitrogens with one attached hydrogen (secondary N) is 2. The smallest absolute Gasteiger partial charge is 0.326 e. The van der Waals surface area contributed by atoms with Crippen LogP contribution in [0.5, 0.6) is 0 Å². The molecule has 8 heteroatoms. The number of carbonyl (C=O) groups excluding carboxylic acids is 2. The lowest BCUT2D eigenvalue weighted by molar-refractivity contribution is -0.142. The number of aromatic nitrogens is 1. The van der Waals surface area contributed by atoms with Crippen molar-refractivity contribution in [3.05, 3.63) is 95.7 Å². The molecule has 0 spiro atoms. The number of carboxylic acids is 1. The Kier molecular flexibility index (Phi) is 7.74. The summed E-state index contributed by atoms with van der Waals surface area (Å²) in [4.78, 5) is 44.3. The van der Waals surface area contributed by atoms with Gasteiger partial charge in [0.15, 0.2) is 0 Å². The van der Waals surface area contributed by atoms with E-state index in [1.165, 1.54) is 0 Å². The van der Waals surface area contributed by atoms with Crippen LogP contribution in [0.4, 0.5) is 0 Å². The Morgan fingerprint density at radius 1 is 0.949 bits per heavy atom. The van der Waals surface area contributed by atoms with Gasteiger partial charge in [0.1, 0.15) is 12.1 Å². The highest BCUT2D eigenvalue weighted by molar-refractivity contribution is 5.99. The van der Waals surface area contributed by atoms with Crippen molar-refractivity contribution in [1.29, 1.82) is 0 Å². The number of aliphatic carboxylic acids is 1. The molecule has 200 valence electrons. The maximum Gasteiger partial charge on any atom is 0.326 e. The zero-order chi connectivity index (χ0) is 27.4. The summed E-state index contributed by atoms with van der Waals surface area (Å²) in [5.74, 6) is -1.85. The standard InChI is InChI=1S/C31H32N4O4/c32-17-7-6-12-26(31(38)39)34-29(36)28-18-24-23-10-4-5-11-25(23)33-27(24)19-35(28)30(37)22-15-13-21(14-16-22)20-8-2-1-3-9-20/h1-5,8-11,13-16,26,28,33H,6-7,12,17-19,32H2,(H,34,36)(H,38,39). The number of amides is 2. The van der Waals surface area contributed by atoms with Gasteiger partial charge in [-0.15, -0.1) is 0 Å². The van der Waals surface area contributed by atoms with Crippen molar-refractivity contribution in [3.63, 3.8) is 0 Å². The second-order valence-corrected chi connectivity index (χ2v) is 9.91. The molecule has 1 aliphatic heterocycles. The molecule has 0 fully saturated rings.